The molecule has 156 valence electrons. The van der Waals surface area contributed by atoms with Crippen LogP contribution in [0.4, 0.5) is 11.4 Å². The lowest BCUT2D eigenvalue weighted by Crippen LogP contribution is -2.38. The SMILES string of the molecule is CC1CCN(C(=O)C2CC(=O)N(c3ccc4c(c3)OCCO4)C2)c2ccccc2S1. The van der Waals surface area contributed by atoms with Gasteiger partial charge >= 0.3 is 0 Å². The molecule has 6 nitrogen and oxygen atoms in total. The molecule has 1 fully saturated rings. The van der Waals surface area contributed by atoms with Crippen LogP contribution < -0.4 is 19.3 Å². The lowest BCUT2D eigenvalue weighted by atomic mass is 10.1. The quantitative estimate of drug-likeness (QED) is 0.735. The number of benzene rings is 2. The Kier molecular flexibility index (Phi) is 5.06. The fourth-order valence-corrected chi connectivity index (χ4v) is 5.37. The van der Waals surface area contributed by atoms with Crippen LogP contribution in [0, 0.1) is 5.92 Å². The van der Waals surface area contributed by atoms with E-state index < -0.39 is 0 Å². The van der Waals surface area contributed by atoms with Crippen molar-refractivity contribution < 1.29 is 19.1 Å². The van der Waals surface area contributed by atoms with E-state index in [4.69, 9.17) is 9.47 Å². The van der Waals surface area contributed by atoms with E-state index in [1.54, 1.807) is 4.90 Å². The van der Waals surface area contributed by atoms with E-state index in [1.807, 2.05) is 53.1 Å². The molecule has 5 rings (SSSR count). The Bertz CT molecular complexity index is 995. The molecule has 30 heavy (non-hydrogen) atoms. The molecule has 2 atom stereocenters. The van der Waals surface area contributed by atoms with Crippen LogP contribution in [0.15, 0.2) is 47.4 Å². The molecule has 1 saturated heterocycles. The number of thioether (sulfide) groups is 1. The van der Waals surface area contributed by atoms with Gasteiger partial charge in [0.05, 0.1) is 11.6 Å². The van der Waals surface area contributed by atoms with Gasteiger partial charge in [0.1, 0.15) is 13.2 Å². The Hall–Kier alpha value is -2.67. The summed E-state index contributed by atoms with van der Waals surface area (Å²) in [4.78, 5) is 31.0. The monoisotopic (exact) mass is 424 g/mol. The number of hydrogen-bond acceptors (Lipinski definition) is 5. The summed E-state index contributed by atoms with van der Waals surface area (Å²) in [7, 11) is 0. The first-order valence-corrected chi connectivity index (χ1v) is 11.2. The molecule has 0 N–H and O–H groups in total. The predicted molar refractivity (Wildman–Crippen MR) is 117 cm³/mol. The Morgan fingerprint density at radius 3 is 2.77 bits per heavy atom. The highest BCUT2D eigenvalue weighted by Gasteiger charge is 2.39. The van der Waals surface area contributed by atoms with Gasteiger partial charge in [-0.2, -0.15) is 0 Å². The van der Waals surface area contributed by atoms with Gasteiger partial charge in [0, 0.05) is 41.4 Å². The first-order chi connectivity index (χ1) is 14.6. The largest absolute Gasteiger partial charge is 0.486 e. The summed E-state index contributed by atoms with van der Waals surface area (Å²) in [6.07, 6.45) is 1.16. The molecule has 2 aromatic carbocycles. The molecule has 7 heteroatoms. The molecule has 3 heterocycles. The molecule has 0 saturated carbocycles. The lowest BCUT2D eigenvalue weighted by molar-refractivity contribution is -0.124. The summed E-state index contributed by atoms with van der Waals surface area (Å²) >= 11 is 1.81. The maximum atomic E-state index is 13.5. The molecule has 3 aliphatic rings. The van der Waals surface area contributed by atoms with Gasteiger partial charge in [0.15, 0.2) is 11.5 Å². The van der Waals surface area contributed by atoms with Crippen molar-refractivity contribution in [1.82, 2.24) is 0 Å². The van der Waals surface area contributed by atoms with Gasteiger partial charge in [-0.05, 0) is 30.7 Å². The van der Waals surface area contributed by atoms with Crippen molar-refractivity contribution in [3.05, 3.63) is 42.5 Å². The Balaban J connectivity index is 1.37. The summed E-state index contributed by atoms with van der Waals surface area (Å²) < 4.78 is 11.2. The Labute approximate surface area is 180 Å². The number of amides is 2. The van der Waals surface area contributed by atoms with E-state index in [0.29, 0.717) is 43.1 Å². The number of hydrogen-bond donors (Lipinski definition) is 0. The molecular formula is C23H24N2O4S. The second-order valence-electron chi connectivity index (χ2n) is 7.91. The number of fused-ring (bicyclic) bond motifs is 2. The van der Waals surface area contributed by atoms with Crippen LogP contribution in [-0.4, -0.2) is 43.4 Å². The van der Waals surface area contributed by atoms with E-state index in [2.05, 4.69) is 13.0 Å². The molecule has 0 spiro atoms. The van der Waals surface area contributed by atoms with Crippen LogP contribution in [0.5, 0.6) is 11.5 Å². The molecule has 2 amide bonds. The highest BCUT2D eigenvalue weighted by Crippen LogP contribution is 2.40. The van der Waals surface area contributed by atoms with Crippen LogP contribution in [0.2, 0.25) is 0 Å². The fraction of sp³-hybridized carbons (Fsp3) is 0.391. The van der Waals surface area contributed by atoms with E-state index in [9.17, 15) is 9.59 Å². The average Bonchev–Trinajstić information content (AvgIpc) is 3.07. The highest BCUT2D eigenvalue weighted by atomic mass is 32.2. The van der Waals surface area contributed by atoms with Crippen LogP contribution in [0.25, 0.3) is 0 Å². The van der Waals surface area contributed by atoms with Gasteiger partial charge in [-0.25, -0.2) is 0 Å². The molecular weight excluding hydrogens is 400 g/mol. The smallest absolute Gasteiger partial charge is 0.232 e. The zero-order valence-corrected chi connectivity index (χ0v) is 17.7. The van der Waals surface area contributed by atoms with Crippen molar-refractivity contribution in [1.29, 1.82) is 0 Å². The number of ether oxygens (including phenoxy) is 2. The minimum atomic E-state index is -0.350. The molecule has 0 radical (unpaired) electrons. The fourth-order valence-electron chi connectivity index (χ4n) is 4.26. The zero-order chi connectivity index (χ0) is 20.7. The molecule has 0 aromatic heterocycles. The minimum absolute atomic E-state index is 0.0316. The van der Waals surface area contributed by atoms with Crippen molar-refractivity contribution >= 4 is 35.0 Å². The van der Waals surface area contributed by atoms with Crippen molar-refractivity contribution in [3.63, 3.8) is 0 Å². The average molecular weight is 425 g/mol. The Morgan fingerprint density at radius 2 is 1.90 bits per heavy atom. The first kappa shape index (κ1) is 19.3. The molecule has 3 aliphatic heterocycles. The van der Waals surface area contributed by atoms with Crippen molar-refractivity contribution in [2.75, 3.05) is 36.1 Å². The number of carbonyl (C=O) groups is 2. The van der Waals surface area contributed by atoms with Crippen molar-refractivity contribution in [3.8, 4) is 11.5 Å². The van der Waals surface area contributed by atoms with E-state index >= 15 is 0 Å². The second-order valence-corrected chi connectivity index (χ2v) is 9.39. The van der Waals surface area contributed by atoms with Gasteiger partial charge in [0.2, 0.25) is 11.8 Å². The Morgan fingerprint density at radius 1 is 1.10 bits per heavy atom. The van der Waals surface area contributed by atoms with E-state index in [0.717, 1.165) is 22.7 Å². The summed E-state index contributed by atoms with van der Waals surface area (Å²) in [5.74, 6) is 0.990. The van der Waals surface area contributed by atoms with Crippen LogP contribution in [-0.2, 0) is 9.59 Å². The summed E-state index contributed by atoms with van der Waals surface area (Å²) in [6, 6.07) is 13.6. The third kappa shape index (κ3) is 3.51. The van der Waals surface area contributed by atoms with Gasteiger partial charge in [-0.3, -0.25) is 9.59 Å². The first-order valence-electron chi connectivity index (χ1n) is 10.4. The summed E-state index contributed by atoms with van der Waals surface area (Å²) in [5, 5.41) is 0.448. The van der Waals surface area contributed by atoms with Crippen LogP contribution >= 0.6 is 11.8 Å². The highest BCUT2D eigenvalue weighted by molar-refractivity contribution is 8.00. The third-order valence-corrected chi connectivity index (χ3v) is 7.06. The number of carbonyl (C=O) groups excluding carboxylic acids is 2. The number of rotatable bonds is 2. The summed E-state index contributed by atoms with van der Waals surface area (Å²) in [5.41, 5.74) is 1.71. The summed E-state index contributed by atoms with van der Waals surface area (Å²) in [6.45, 7) is 4.28. The third-order valence-electron chi connectivity index (χ3n) is 5.82. The second kappa shape index (κ2) is 7.87. The predicted octanol–water partition coefficient (Wildman–Crippen LogP) is 3.73. The standard InChI is InChI=1S/C23H24N2O4S/c1-15-8-9-24(18-4-2-3-5-21(18)30-15)23(27)16-12-22(26)25(14-16)17-6-7-19-20(13-17)29-11-10-28-19/h2-7,13,15-16H,8-12,14H2,1H3. The molecule has 2 aromatic rings. The van der Waals surface area contributed by atoms with Crippen molar-refractivity contribution in [2.24, 2.45) is 5.92 Å². The van der Waals surface area contributed by atoms with Crippen LogP contribution in [0.1, 0.15) is 19.8 Å². The van der Waals surface area contributed by atoms with Gasteiger partial charge < -0.3 is 19.3 Å². The van der Waals surface area contributed by atoms with Crippen molar-refractivity contribution in [2.45, 2.75) is 29.9 Å². The number of nitrogens with zero attached hydrogens (tertiary/aromatic N) is 2. The molecule has 0 aliphatic carbocycles. The number of anilines is 2. The van der Waals surface area contributed by atoms with Gasteiger partial charge in [-0.15, -0.1) is 11.8 Å². The normalized spacial score (nSPS) is 23.2. The van der Waals surface area contributed by atoms with Gasteiger partial charge in [0.25, 0.3) is 0 Å². The topological polar surface area (TPSA) is 59.1 Å². The van der Waals surface area contributed by atoms with E-state index in [-0.39, 0.29) is 24.2 Å². The van der Waals surface area contributed by atoms with Gasteiger partial charge in [-0.1, -0.05) is 19.1 Å². The molecule has 0 bridgehead atoms. The lowest BCUT2D eigenvalue weighted by Gasteiger charge is -2.26. The minimum Gasteiger partial charge on any atom is -0.486 e. The molecule has 2 unspecified atom stereocenters. The maximum Gasteiger partial charge on any atom is 0.232 e. The van der Waals surface area contributed by atoms with Crippen LogP contribution in [0.3, 0.4) is 0 Å². The van der Waals surface area contributed by atoms with E-state index in [1.165, 1.54) is 0 Å². The number of para-hydroxylation sites is 1. The maximum absolute atomic E-state index is 13.5. The zero-order valence-electron chi connectivity index (χ0n) is 16.9.